The van der Waals surface area contributed by atoms with E-state index in [-0.39, 0.29) is 36.8 Å². The van der Waals surface area contributed by atoms with E-state index in [1.807, 2.05) is 79.7 Å². The molecule has 0 aliphatic carbocycles. The van der Waals surface area contributed by atoms with E-state index in [1.165, 1.54) is 0 Å². The zero-order valence-corrected chi connectivity index (χ0v) is 24.5. The Labute approximate surface area is 253 Å². The van der Waals surface area contributed by atoms with Gasteiger partial charge in [-0.1, -0.05) is 42.5 Å². The summed E-state index contributed by atoms with van der Waals surface area (Å²) < 4.78 is 6.14. The molecule has 0 radical (unpaired) electrons. The molecule has 7 nitrogen and oxygen atoms in total. The van der Waals surface area contributed by atoms with Crippen molar-refractivity contribution in [3.8, 4) is 5.75 Å². The van der Waals surface area contributed by atoms with Gasteiger partial charge in [0.15, 0.2) is 0 Å². The highest BCUT2D eigenvalue weighted by Crippen LogP contribution is 2.24. The van der Waals surface area contributed by atoms with Crippen LogP contribution in [0.1, 0.15) is 41.3 Å². The molecule has 1 amide bonds. The minimum atomic E-state index is -0.0968. The summed E-state index contributed by atoms with van der Waals surface area (Å²) >= 11 is 0. The minimum Gasteiger partial charge on any atom is -0.490 e. The summed E-state index contributed by atoms with van der Waals surface area (Å²) in [5.74, 6) is 1.77. The molecule has 0 spiro atoms. The van der Waals surface area contributed by atoms with Crippen LogP contribution in [0.25, 0.3) is 10.8 Å². The molecule has 214 valence electrons. The molecule has 0 unspecified atom stereocenters. The van der Waals surface area contributed by atoms with Crippen LogP contribution < -0.4 is 15.8 Å². The third kappa shape index (κ3) is 8.22. The second-order valence-electron chi connectivity index (χ2n) is 9.83. The predicted molar refractivity (Wildman–Crippen MR) is 172 cm³/mol. The molecule has 1 aliphatic rings. The molecular weight excluding hydrogens is 557 g/mol. The Hall–Kier alpha value is -4.07. The summed E-state index contributed by atoms with van der Waals surface area (Å²) in [5.41, 5.74) is 9.62. The number of likely N-dealkylation sites (tertiary alicyclic amines) is 1. The molecule has 0 bridgehead atoms. The number of hydrogen-bond acceptors (Lipinski definition) is 4. The number of benzene rings is 4. The molecule has 1 heterocycles. The highest BCUT2D eigenvalue weighted by atomic mass is 35.5. The van der Waals surface area contributed by atoms with Gasteiger partial charge < -0.3 is 20.7 Å². The fourth-order valence-corrected chi connectivity index (χ4v) is 4.74. The molecule has 41 heavy (non-hydrogen) atoms. The van der Waals surface area contributed by atoms with Gasteiger partial charge in [-0.15, -0.1) is 24.8 Å². The van der Waals surface area contributed by atoms with Crippen LogP contribution in [0.5, 0.6) is 5.75 Å². The fraction of sp³-hybridized carbons (Fsp3) is 0.219. The maximum atomic E-state index is 12.4. The lowest BCUT2D eigenvalue weighted by atomic mass is 10.0. The first-order valence-corrected chi connectivity index (χ1v) is 13.2. The first-order chi connectivity index (χ1) is 18.9. The topological polar surface area (TPSA) is 104 Å². The standard InChI is InChI=1S/C32H33N5O2.2ClH/c1-22(33)37-17-15-30(16-18-37)39-29-13-11-28(12-14-29)36-31(34)26-10-9-24-8-7-23(19-27(24)20-26)21-35-32(38)25-5-3-2-4-6-25;;/h2-14,19-20,30,33H,15-18,21H2,1H3,(H2,34,36)(H,35,38);2*1H. The average Bonchev–Trinajstić information content (AvgIpc) is 2.97. The van der Waals surface area contributed by atoms with Crippen LogP contribution in [0.3, 0.4) is 0 Å². The highest BCUT2D eigenvalue weighted by molar-refractivity contribution is 6.02. The van der Waals surface area contributed by atoms with Gasteiger partial charge in [0.2, 0.25) is 0 Å². The normalized spacial score (nSPS) is 13.6. The molecule has 1 saturated heterocycles. The number of ether oxygens (including phenoxy) is 1. The van der Waals surface area contributed by atoms with Gasteiger partial charge in [0.05, 0.1) is 11.5 Å². The number of amides is 1. The smallest absolute Gasteiger partial charge is 0.251 e. The third-order valence-corrected chi connectivity index (χ3v) is 6.99. The van der Waals surface area contributed by atoms with Crippen LogP contribution in [-0.2, 0) is 6.54 Å². The maximum absolute atomic E-state index is 12.4. The molecule has 0 saturated carbocycles. The number of piperidine rings is 1. The summed E-state index contributed by atoms with van der Waals surface area (Å²) in [7, 11) is 0. The van der Waals surface area contributed by atoms with Gasteiger partial charge >= 0.3 is 0 Å². The Bertz CT molecular complexity index is 1500. The second-order valence-corrected chi connectivity index (χ2v) is 9.83. The number of nitrogens with two attached hydrogens (primary N) is 1. The van der Waals surface area contributed by atoms with Gasteiger partial charge in [-0.25, -0.2) is 4.99 Å². The van der Waals surface area contributed by atoms with E-state index in [1.54, 1.807) is 12.1 Å². The van der Waals surface area contributed by atoms with Crippen LogP contribution in [-0.4, -0.2) is 41.7 Å². The van der Waals surface area contributed by atoms with Gasteiger partial charge in [-0.3, -0.25) is 10.2 Å². The molecule has 1 fully saturated rings. The number of rotatable bonds is 7. The average molecular weight is 593 g/mol. The summed E-state index contributed by atoms with van der Waals surface area (Å²) in [5, 5.41) is 12.9. The van der Waals surface area contributed by atoms with Gasteiger partial charge in [0.1, 0.15) is 17.7 Å². The number of carbonyl (C=O) groups is 1. The Morgan fingerprint density at radius 2 is 1.61 bits per heavy atom. The SMILES string of the molecule is CC(=N)N1CCC(Oc2ccc(N=C(N)c3ccc4ccc(CNC(=O)c5ccccc5)cc4c3)cc2)CC1.Cl.Cl. The van der Waals surface area contributed by atoms with Crippen molar-refractivity contribution in [2.75, 3.05) is 13.1 Å². The second kappa shape index (κ2) is 14.5. The highest BCUT2D eigenvalue weighted by Gasteiger charge is 2.20. The first kappa shape index (κ1) is 31.5. The van der Waals surface area contributed by atoms with Crippen LogP contribution in [0.15, 0.2) is 96.0 Å². The number of carbonyl (C=O) groups excluding carboxylic acids is 1. The number of aliphatic imine (C=N–C) groups is 1. The van der Waals surface area contributed by atoms with E-state index in [4.69, 9.17) is 15.9 Å². The lowest BCUT2D eigenvalue weighted by Crippen LogP contribution is -2.40. The van der Waals surface area contributed by atoms with Gasteiger partial charge in [-0.2, -0.15) is 0 Å². The van der Waals surface area contributed by atoms with Gasteiger partial charge in [0, 0.05) is 43.6 Å². The third-order valence-electron chi connectivity index (χ3n) is 6.99. The Morgan fingerprint density at radius 3 is 2.29 bits per heavy atom. The number of nitrogens with one attached hydrogen (secondary N) is 2. The van der Waals surface area contributed by atoms with Crippen LogP contribution in [0.2, 0.25) is 0 Å². The van der Waals surface area contributed by atoms with Crippen molar-refractivity contribution in [1.82, 2.24) is 10.2 Å². The van der Waals surface area contributed by atoms with Crippen molar-refractivity contribution >= 4 is 58.9 Å². The molecule has 0 aromatic heterocycles. The quantitative estimate of drug-likeness (QED) is 0.169. The van der Waals surface area contributed by atoms with E-state index in [2.05, 4.69) is 21.3 Å². The predicted octanol–water partition coefficient (Wildman–Crippen LogP) is 6.49. The van der Waals surface area contributed by atoms with Crippen LogP contribution >= 0.6 is 24.8 Å². The summed E-state index contributed by atoms with van der Waals surface area (Å²) in [6.45, 7) is 3.98. The molecule has 4 aromatic rings. The first-order valence-electron chi connectivity index (χ1n) is 13.2. The van der Waals surface area contributed by atoms with E-state index in [0.29, 0.717) is 23.8 Å². The van der Waals surface area contributed by atoms with Crippen molar-refractivity contribution < 1.29 is 9.53 Å². The summed E-state index contributed by atoms with van der Waals surface area (Å²) in [6, 6.07) is 29.0. The number of fused-ring (bicyclic) bond motifs is 1. The van der Waals surface area contributed by atoms with E-state index in [9.17, 15) is 4.79 Å². The number of hydrogen-bond donors (Lipinski definition) is 3. The number of amidine groups is 2. The van der Waals surface area contributed by atoms with E-state index in [0.717, 1.165) is 59.3 Å². The minimum absolute atomic E-state index is 0. The van der Waals surface area contributed by atoms with Crippen molar-refractivity contribution in [2.24, 2.45) is 10.7 Å². The zero-order chi connectivity index (χ0) is 27.2. The zero-order valence-electron chi connectivity index (χ0n) is 22.9. The van der Waals surface area contributed by atoms with Crippen molar-refractivity contribution in [3.05, 3.63) is 108 Å². The largest absolute Gasteiger partial charge is 0.490 e. The molecular formula is C32H35Cl2N5O2. The van der Waals surface area contributed by atoms with Crippen molar-refractivity contribution in [1.29, 1.82) is 5.41 Å². The van der Waals surface area contributed by atoms with Gasteiger partial charge in [-0.05, 0) is 71.8 Å². The monoisotopic (exact) mass is 591 g/mol. The lowest BCUT2D eigenvalue weighted by molar-refractivity contribution is 0.0951. The molecule has 5 rings (SSSR count). The molecule has 9 heteroatoms. The molecule has 1 aliphatic heterocycles. The Kier molecular flexibility index (Phi) is 11.1. The maximum Gasteiger partial charge on any atom is 0.251 e. The fourth-order valence-electron chi connectivity index (χ4n) is 4.74. The van der Waals surface area contributed by atoms with Crippen molar-refractivity contribution in [2.45, 2.75) is 32.4 Å². The number of halogens is 2. The number of nitrogens with zero attached hydrogens (tertiary/aromatic N) is 2. The lowest BCUT2D eigenvalue weighted by Gasteiger charge is -2.32. The van der Waals surface area contributed by atoms with Gasteiger partial charge in [0.25, 0.3) is 5.91 Å². The Morgan fingerprint density at radius 1 is 0.927 bits per heavy atom. The summed E-state index contributed by atoms with van der Waals surface area (Å²) in [6.07, 6.45) is 1.98. The van der Waals surface area contributed by atoms with Crippen LogP contribution in [0, 0.1) is 5.41 Å². The van der Waals surface area contributed by atoms with E-state index < -0.39 is 0 Å². The van der Waals surface area contributed by atoms with Crippen LogP contribution in [0.4, 0.5) is 5.69 Å². The molecule has 0 atom stereocenters. The van der Waals surface area contributed by atoms with E-state index >= 15 is 0 Å². The molecule has 4 N–H and O–H groups in total. The Balaban J connectivity index is 0.00000231. The van der Waals surface area contributed by atoms with Crippen molar-refractivity contribution in [3.63, 3.8) is 0 Å². The summed E-state index contributed by atoms with van der Waals surface area (Å²) in [4.78, 5) is 19.1. The molecule has 4 aromatic carbocycles.